The van der Waals surface area contributed by atoms with Crippen molar-refractivity contribution in [2.75, 3.05) is 7.11 Å². The van der Waals surface area contributed by atoms with Crippen molar-refractivity contribution in [3.8, 4) is 0 Å². The standard InChI is InChI=1S/C9H12ClFN2O/c1-5-6(11)7(10)13-8(12-5)9(2,3)14-4/h1-4H3. The minimum Gasteiger partial charge on any atom is -0.371 e. The van der Waals surface area contributed by atoms with Gasteiger partial charge in [0, 0.05) is 7.11 Å². The van der Waals surface area contributed by atoms with Gasteiger partial charge in [0.2, 0.25) is 0 Å². The molecular formula is C9H12ClFN2O. The smallest absolute Gasteiger partial charge is 0.181 e. The van der Waals surface area contributed by atoms with Crippen LogP contribution in [0.15, 0.2) is 0 Å². The molecule has 0 amide bonds. The number of ether oxygens (including phenoxy) is 1. The van der Waals surface area contributed by atoms with Crippen molar-refractivity contribution < 1.29 is 9.13 Å². The van der Waals surface area contributed by atoms with E-state index in [2.05, 4.69) is 9.97 Å². The average Bonchev–Trinajstić information content (AvgIpc) is 2.13. The maximum atomic E-state index is 13.1. The summed E-state index contributed by atoms with van der Waals surface area (Å²) in [5.41, 5.74) is -0.438. The van der Waals surface area contributed by atoms with Crippen molar-refractivity contribution in [2.45, 2.75) is 26.4 Å². The van der Waals surface area contributed by atoms with E-state index in [0.717, 1.165) is 0 Å². The molecule has 1 aromatic rings. The van der Waals surface area contributed by atoms with Crippen LogP contribution in [0, 0.1) is 12.7 Å². The Balaban J connectivity index is 3.26. The van der Waals surface area contributed by atoms with Gasteiger partial charge in [-0.2, -0.15) is 0 Å². The van der Waals surface area contributed by atoms with Crippen molar-refractivity contribution in [3.05, 3.63) is 22.5 Å². The lowest BCUT2D eigenvalue weighted by molar-refractivity contribution is 0.0112. The molecule has 0 unspecified atom stereocenters. The highest BCUT2D eigenvalue weighted by molar-refractivity contribution is 6.29. The number of nitrogens with zero attached hydrogens (tertiary/aromatic N) is 2. The summed E-state index contributed by atoms with van der Waals surface area (Å²) in [5.74, 6) is -0.203. The summed E-state index contributed by atoms with van der Waals surface area (Å²) in [6.07, 6.45) is 0. The molecule has 0 atom stereocenters. The van der Waals surface area contributed by atoms with Crippen LogP contribution >= 0.6 is 11.6 Å². The Morgan fingerprint density at radius 2 is 1.93 bits per heavy atom. The van der Waals surface area contributed by atoms with E-state index in [1.807, 2.05) is 0 Å². The number of halogens is 2. The van der Waals surface area contributed by atoms with Crippen LogP contribution in [0.25, 0.3) is 0 Å². The second-order valence-corrected chi connectivity index (χ2v) is 3.81. The monoisotopic (exact) mass is 218 g/mol. The molecule has 0 radical (unpaired) electrons. The first kappa shape index (κ1) is 11.3. The summed E-state index contributed by atoms with van der Waals surface area (Å²) in [6.45, 7) is 5.12. The molecule has 0 fully saturated rings. The Hall–Kier alpha value is -0.740. The fourth-order valence-electron chi connectivity index (χ4n) is 0.885. The minimum absolute atomic E-state index is 0.169. The SMILES string of the molecule is COC(C)(C)c1nc(C)c(F)c(Cl)n1. The molecule has 78 valence electrons. The van der Waals surface area contributed by atoms with Gasteiger partial charge in [-0.15, -0.1) is 0 Å². The van der Waals surface area contributed by atoms with Gasteiger partial charge in [-0.25, -0.2) is 14.4 Å². The zero-order chi connectivity index (χ0) is 10.9. The molecule has 0 bridgehead atoms. The molecule has 0 spiro atoms. The Morgan fingerprint density at radius 1 is 1.36 bits per heavy atom. The summed E-state index contributed by atoms with van der Waals surface area (Å²) >= 11 is 5.60. The highest BCUT2D eigenvalue weighted by atomic mass is 35.5. The summed E-state index contributed by atoms with van der Waals surface area (Å²) in [7, 11) is 1.54. The summed E-state index contributed by atoms with van der Waals surface area (Å²) in [5, 5.41) is -0.169. The van der Waals surface area contributed by atoms with E-state index in [0.29, 0.717) is 5.82 Å². The van der Waals surface area contributed by atoms with E-state index in [1.54, 1.807) is 13.8 Å². The van der Waals surface area contributed by atoms with Crippen LogP contribution in [-0.4, -0.2) is 17.1 Å². The van der Waals surface area contributed by atoms with Gasteiger partial charge in [0.1, 0.15) is 5.60 Å². The number of aryl methyl sites for hydroxylation is 1. The quantitative estimate of drug-likeness (QED) is 0.716. The van der Waals surface area contributed by atoms with Gasteiger partial charge in [-0.3, -0.25) is 0 Å². The Labute approximate surface area is 87.3 Å². The molecule has 0 aliphatic carbocycles. The third kappa shape index (κ3) is 2.01. The molecule has 0 aliphatic rings. The fraction of sp³-hybridized carbons (Fsp3) is 0.556. The minimum atomic E-state index is -0.665. The van der Waals surface area contributed by atoms with Gasteiger partial charge in [-0.05, 0) is 20.8 Å². The molecule has 0 aromatic carbocycles. The van der Waals surface area contributed by atoms with Gasteiger partial charge in [0.15, 0.2) is 16.8 Å². The normalized spacial score (nSPS) is 11.9. The highest BCUT2D eigenvalue weighted by Crippen LogP contribution is 2.23. The van der Waals surface area contributed by atoms with Crippen LogP contribution in [0.5, 0.6) is 0 Å². The van der Waals surface area contributed by atoms with Gasteiger partial charge in [-0.1, -0.05) is 11.6 Å². The van der Waals surface area contributed by atoms with Crippen LogP contribution in [0.3, 0.4) is 0 Å². The topological polar surface area (TPSA) is 35.0 Å². The molecule has 0 saturated carbocycles. The third-order valence-electron chi connectivity index (χ3n) is 2.03. The first-order chi connectivity index (χ1) is 6.38. The second kappa shape index (κ2) is 3.79. The Morgan fingerprint density at radius 3 is 2.36 bits per heavy atom. The summed E-state index contributed by atoms with van der Waals surface area (Å²) in [4.78, 5) is 7.81. The molecule has 0 aliphatic heterocycles. The van der Waals surface area contributed by atoms with Crippen LogP contribution in [-0.2, 0) is 10.3 Å². The lowest BCUT2D eigenvalue weighted by Gasteiger charge is -2.21. The second-order valence-electron chi connectivity index (χ2n) is 3.45. The number of hydrogen-bond acceptors (Lipinski definition) is 3. The molecule has 0 saturated heterocycles. The molecule has 1 aromatic heterocycles. The number of rotatable bonds is 2. The van der Waals surface area contributed by atoms with Gasteiger partial charge in [0.05, 0.1) is 5.69 Å². The Kier molecular flexibility index (Phi) is 3.07. The van der Waals surface area contributed by atoms with E-state index in [4.69, 9.17) is 16.3 Å². The average molecular weight is 219 g/mol. The van der Waals surface area contributed by atoms with Crippen LogP contribution in [0.4, 0.5) is 4.39 Å². The van der Waals surface area contributed by atoms with Gasteiger partial charge < -0.3 is 4.74 Å². The highest BCUT2D eigenvalue weighted by Gasteiger charge is 2.25. The van der Waals surface area contributed by atoms with E-state index in [1.165, 1.54) is 14.0 Å². The zero-order valence-corrected chi connectivity index (χ0v) is 9.31. The number of aromatic nitrogens is 2. The predicted octanol–water partition coefficient (Wildman–Crippen LogP) is 2.46. The van der Waals surface area contributed by atoms with Gasteiger partial charge in [0.25, 0.3) is 0 Å². The van der Waals surface area contributed by atoms with Crippen LogP contribution in [0.2, 0.25) is 5.15 Å². The van der Waals surface area contributed by atoms with Crippen molar-refractivity contribution in [1.29, 1.82) is 0 Å². The summed E-state index contributed by atoms with van der Waals surface area (Å²) < 4.78 is 18.3. The van der Waals surface area contributed by atoms with E-state index in [-0.39, 0.29) is 10.8 Å². The molecule has 0 N–H and O–H groups in total. The van der Waals surface area contributed by atoms with Crippen molar-refractivity contribution >= 4 is 11.6 Å². The zero-order valence-electron chi connectivity index (χ0n) is 8.56. The van der Waals surface area contributed by atoms with E-state index < -0.39 is 11.4 Å². The Bertz CT molecular complexity index is 332. The summed E-state index contributed by atoms with van der Waals surface area (Å²) in [6, 6.07) is 0. The largest absolute Gasteiger partial charge is 0.371 e. The molecule has 1 rings (SSSR count). The molecule has 14 heavy (non-hydrogen) atoms. The number of methoxy groups -OCH3 is 1. The maximum absolute atomic E-state index is 13.1. The first-order valence-electron chi connectivity index (χ1n) is 4.13. The van der Waals surface area contributed by atoms with Crippen LogP contribution in [0.1, 0.15) is 25.4 Å². The molecule has 1 heterocycles. The molecular weight excluding hydrogens is 207 g/mol. The molecule has 5 heteroatoms. The van der Waals surface area contributed by atoms with Crippen LogP contribution < -0.4 is 0 Å². The van der Waals surface area contributed by atoms with E-state index in [9.17, 15) is 4.39 Å². The predicted molar refractivity (Wildman–Crippen MR) is 51.8 cm³/mol. The fourth-order valence-corrected chi connectivity index (χ4v) is 1.10. The first-order valence-corrected chi connectivity index (χ1v) is 4.51. The third-order valence-corrected chi connectivity index (χ3v) is 2.28. The maximum Gasteiger partial charge on any atom is 0.181 e. The van der Waals surface area contributed by atoms with Crippen molar-refractivity contribution in [1.82, 2.24) is 9.97 Å². The lowest BCUT2D eigenvalue weighted by atomic mass is 10.1. The van der Waals surface area contributed by atoms with Crippen molar-refractivity contribution in [3.63, 3.8) is 0 Å². The van der Waals surface area contributed by atoms with Crippen molar-refractivity contribution in [2.24, 2.45) is 0 Å². The van der Waals surface area contributed by atoms with E-state index >= 15 is 0 Å². The van der Waals surface area contributed by atoms with Gasteiger partial charge >= 0.3 is 0 Å². The lowest BCUT2D eigenvalue weighted by Crippen LogP contribution is -2.23. The number of hydrogen-bond donors (Lipinski definition) is 0. The molecule has 3 nitrogen and oxygen atoms in total.